The average molecular weight is 275 g/mol. The second-order valence-corrected chi connectivity index (χ2v) is 4.92. The van der Waals surface area contributed by atoms with E-state index in [0.717, 1.165) is 25.9 Å². The molecule has 1 N–H and O–H groups in total. The topological polar surface area (TPSA) is 56.1 Å². The van der Waals surface area contributed by atoms with E-state index in [4.69, 9.17) is 5.26 Å². The van der Waals surface area contributed by atoms with Gasteiger partial charge < -0.3 is 10.2 Å². The zero-order valence-electron chi connectivity index (χ0n) is 11.4. The van der Waals surface area contributed by atoms with E-state index < -0.39 is 5.82 Å². The van der Waals surface area contributed by atoms with Crippen molar-refractivity contribution in [1.82, 2.24) is 4.90 Å². The predicted octanol–water partition coefficient (Wildman–Crippen LogP) is 2.51. The fourth-order valence-corrected chi connectivity index (χ4v) is 2.33. The molecule has 0 saturated carbocycles. The normalized spacial score (nSPS) is 14.7. The second-order valence-electron chi connectivity index (χ2n) is 4.92. The zero-order chi connectivity index (χ0) is 14.4. The molecule has 1 heterocycles. The molecule has 1 aliphatic rings. The zero-order valence-corrected chi connectivity index (χ0v) is 11.4. The lowest BCUT2D eigenvalue weighted by molar-refractivity contribution is -0.131. The standard InChI is InChI=1S/C15H18FN3O/c16-14-10-13(5-4-12(14)11-17)18-7-6-15(20)19-8-2-1-3-9-19/h4-5,10,18H,1-3,6-9H2. The van der Waals surface area contributed by atoms with Crippen LogP contribution in [0.15, 0.2) is 18.2 Å². The highest BCUT2D eigenvalue weighted by molar-refractivity contribution is 5.76. The van der Waals surface area contributed by atoms with Crippen LogP contribution in [0.1, 0.15) is 31.2 Å². The minimum Gasteiger partial charge on any atom is -0.384 e. The van der Waals surface area contributed by atoms with Gasteiger partial charge in [-0.2, -0.15) is 5.26 Å². The van der Waals surface area contributed by atoms with Crippen LogP contribution in [-0.4, -0.2) is 30.4 Å². The molecule has 1 saturated heterocycles. The summed E-state index contributed by atoms with van der Waals surface area (Å²) in [4.78, 5) is 13.8. The highest BCUT2D eigenvalue weighted by Gasteiger charge is 2.15. The fourth-order valence-electron chi connectivity index (χ4n) is 2.33. The number of rotatable bonds is 4. The Bertz CT molecular complexity index is 518. The number of benzene rings is 1. The molecular weight excluding hydrogens is 257 g/mol. The van der Waals surface area contributed by atoms with Gasteiger partial charge in [0.25, 0.3) is 0 Å². The van der Waals surface area contributed by atoms with Crippen LogP contribution in [-0.2, 0) is 4.79 Å². The summed E-state index contributed by atoms with van der Waals surface area (Å²) in [6, 6.07) is 6.14. The van der Waals surface area contributed by atoms with E-state index in [1.165, 1.54) is 18.6 Å². The van der Waals surface area contributed by atoms with Gasteiger partial charge in [-0.1, -0.05) is 0 Å². The molecule has 0 atom stereocenters. The van der Waals surface area contributed by atoms with Gasteiger partial charge in [-0.25, -0.2) is 4.39 Å². The first-order chi connectivity index (χ1) is 9.70. The fraction of sp³-hybridized carbons (Fsp3) is 0.467. The smallest absolute Gasteiger partial charge is 0.224 e. The van der Waals surface area contributed by atoms with Crippen LogP contribution in [0.5, 0.6) is 0 Å². The van der Waals surface area contributed by atoms with E-state index in [9.17, 15) is 9.18 Å². The van der Waals surface area contributed by atoms with E-state index in [1.807, 2.05) is 4.90 Å². The van der Waals surface area contributed by atoms with Crippen molar-refractivity contribution in [3.63, 3.8) is 0 Å². The lowest BCUT2D eigenvalue weighted by atomic mass is 10.1. The molecule has 0 radical (unpaired) electrons. The second kappa shape index (κ2) is 6.90. The molecule has 0 bridgehead atoms. The summed E-state index contributed by atoms with van der Waals surface area (Å²) in [5.41, 5.74) is 0.618. The molecule has 0 aliphatic carbocycles. The molecule has 5 heteroatoms. The molecule has 1 aromatic carbocycles. The van der Waals surface area contributed by atoms with Gasteiger partial charge in [0.1, 0.15) is 11.9 Å². The summed E-state index contributed by atoms with van der Waals surface area (Å²) in [6.07, 6.45) is 3.77. The van der Waals surface area contributed by atoms with E-state index in [2.05, 4.69) is 5.32 Å². The summed E-state index contributed by atoms with van der Waals surface area (Å²) in [7, 11) is 0. The van der Waals surface area contributed by atoms with E-state index in [1.54, 1.807) is 12.1 Å². The number of hydrogen-bond acceptors (Lipinski definition) is 3. The number of amides is 1. The summed E-state index contributed by atoms with van der Waals surface area (Å²) in [6.45, 7) is 2.18. The molecule has 0 unspecified atom stereocenters. The summed E-state index contributed by atoms with van der Waals surface area (Å²) in [5.74, 6) is -0.397. The van der Waals surface area contributed by atoms with Gasteiger partial charge in [-0.15, -0.1) is 0 Å². The highest BCUT2D eigenvalue weighted by Crippen LogP contribution is 2.14. The summed E-state index contributed by atoms with van der Waals surface area (Å²) in [5, 5.41) is 11.7. The molecule has 1 fully saturated rings. The molecule has 0 spiro atoms. The molecule has 1 aliphatic heterocycles. The van der Waals surface area contributed by atoms with Crippen LogP contribution in [0.4, 0.5) is 10.1 Å². The molecule has 20 heavy (non-hydrogen) atoms. The van der Waals surface area contributed by atoms with Gasteiger partial charge >= 0.3 is 0 Å². The maximum absolute atomic E-state index is 13.4. The first-order valence-electron chi connectivity index (χ1n) is 6.92. The first kappa shape index (κ1) is 14.3. The van der Waals surface area contributed by atoms with Gasteiger partial charge in [-0.3, -0.25) is 4.79 Å². The number of hydrogen-bond donors (Lipinski definition) is 1. The van der Waals surface area contributed by atoms with E-state index >= 15 is 0 Å². The third-order valence-corrected chi connectivity index (χ3v) is 3.47. The number of nitrogens with one attached hydrogen (secondary N) is 1. The molecular formula is C15H18FN3O. The molecule has 1 amide bonds. The predicted molar refractivity (Wildman–Crippen MR) is 74.7 cm³/mol. The number of likely N-dealkylation sites (tertiary alicyclic amines) is 1. The monoisotopic (exact) mass is 275 g/mol. The van der Waals surface area contributed by atoms with E-state index in [-0.39, 0.29) is 11.5 Å². The van der Waals surface area contributed by atoms with Crippen LogP contribution in [0, 0.1) is 17.1 Å². The van der Waals surface area contributed by atoms with Crippen molar-refractivity contribution >= 4 is 11.6 Å². The Labute approximate surface area is 118 Å². The largest absolute Gasteiger partial charge is 0.384 e. The first-order valence-corrected chi connectivity index (χ1v) is 6.92. The van der Waals surface area contributed by atoms with Crippen LogP contribution in [0.25, 0.3) is 0 Å². The number of halogens is 1. The number of nitriles is 1. The molecule has 106 valence electrons. The van der Waals surface area contributed by atoms with Crippen LogP contribution in [0.3, 0.4) is 0 Å². The van der Waals surface area contributed by atoms with Crippen molar-refractivity contribution in [2.75, 3.05) is 25.0 Å². The quantitative estimate of drug-likeness (QED) is 0.918. The average Bonchev–Trinajstić information content (AvgIpc) is 2.48. The van der Waals surface area contributed by atoms with Gasteiger partial charge in [0, 0.05) is 31.7 Å². The van der Waals surface area contributed by atoms with Crippen molar-refractivity contribution in [3.05, 3.63) is 29.6 Å². The molecule has 0 aromatic heterocycles. The number of carbonyl (C=O) groups is 1. The molecule has 1 aromatic rings. The van der Waals surface area contributed by atoms with Gasteiger partial charge in [0.15, 0.2) is 0 Å². The Morgan fingerprint density at radius 3 is 2.75 bits per heavy atom. The number of carbonyl (C=O) groups excluding carboxylic acids is 1. The Morgan fingerprint density at radius 1 is 1.35 bits per heavy atom. The Hall–Kier alpha value is -2.09. The van der Waals surface area contributed by atoms with Gasteiger partial charge in [0.2, 0.25) is 5.91 Å². The van der Waals surface area contributed by atoms with Crippen molar-refractivity contribution in [3.8, 4) is 6.07 Å². The van der Waals surface area contributed by atoms with Crippen molar-refractivity contribution in [1.29, 1.82) is 5.26 Å². The van der Waals surface area contributed by atoms with Gasteiger partial charge in [-0.05, 0) is 37.5 Å². The number of piperidine rings is 1. The number of anilines is 1. The van der Waals surface area contributed by atoms with Crippen LogP contribution in [0.2, 0.25) is 0 Å². The summed E-state index contributed by atoms with van der Waals surface area (Å²) >= 11 is 0. The third-order valence-electron chi connectivity index (χ3n) is 3.47. The molecule has 4 nitrogen and oxygen atoms in total. The van der Waals surface area contributed by atoms with Crippen LogP contribution < -0.4 is 5.32 Å². The van der Waals surface area contributed by atoms with Crippen LogP contribution >= 0.6 is 0 Å². The third kappa shape index (κ3) is 3.70. The summed E-state index contributed by atoms with van der Waals surface area (Å²) < 4.78 is 13.4. The van der Waals surface area contributed by atoms with Crippen molar-refractivity contribution in [2.45, 2.75) is 25.7 Å². The lowest BCUT2D eigenvalue weighted by Gasteiger charge is -2.26. The Kier molecular flexibility index (Phi) is 4.94. The highest BCUT2D eigenvalue weighted by atomic mass is 19.1. The Morgan fingerprint density at radius 2 is 2.10 bits per heavy atom. The minimum absolute atomic E-state index is 0.0277. The Balaban J connectivity index is 1.79. The minimum atomic E-state index is -0.542. The maximum Gasteiger partial charge on any atom is 0.224 e. The number of nitrogens with zero attached hydrogens (tertiary/aromatic N) is 2. The SMILES string of the molecule is N#Cc1ccc(NCCC(=O)N2CCCCC2)cc1F. The van der Waals surface area contributed by atoms with E-state index in [0.29, 0.717) is 18.7 Å². The van der Waals surface area contributed by atoms with Crippen molar-refractivity contribution < 1.29 is 9.18 Å². The maximum atomic E-state index is 13.4. The lowest BCUT2D eigenvalue weighted by Crippen LogP contribution is -2.36. The molecule has 2 rings (SSSR count). The van der Waals surface area contributed by atoms with Crippen molar-refractivity contribution in [2.24, 2.45) is 0 Å². The van der Waals surface area contributed by atoms with Gasteiger partial charge in [0.05, 0.1) is 5.56 Å².